The number of thiazole rings is 1. The van der Waals surface area contributed by atoms with E-state index in [2.05, 4.69) is 11.9 Å². The Bertz CT molecular complexity index is 293. The van der Waals surface area contributed by atoms with Crippen LogP contribution in [0, 0.1) is 12.8 Å². The molecule has 0 saturated heterocycles. The van der Waals surface area contributed by atoms with Crippen LogP contribution >= 0.6 is 11.3 Å². The molecule has 0 saturated carbocycles. The molecule has 0 fully saturated rings. The number of nitrogens with zero attached hydrogens (tertiary/aromatic N) is 1. The van der Waals surface area contributed by atoms with Gasteiger partial charge in [0.1, 0.15) is 0 Å². The van der Waals surface area contributed by atoms with E-state index in [1.165, 1.54) is 11.3 Å². The van der Waals surface area contributed by atoms with Crippen LogP contribution < -0.4 is 0 Å². The van der Waals surface area contributed by atoms with Crippen molar-refractivity contribution in [2.24, 2.45) is 5.92 Å². The number of Topliss-reactive ketones (excluding diaryl/α,β-unsaturated/α-hetero) is 1. The second-order valence-corrected chi connectivity index (χ2v) is 4.53. The first-order chi connectivity index (χ1) is 6.15. The first-order valence-corrected chi connectivity index (χ1v) is 5.43. The van der Waals surface area contributed by atoms with Crippen LogP contribution in [0.5, 0.6) is 0 Å². The molecule has 0 aliphatic heterocycles. The summed E-state index contributed by atoms with van der Waals surface area (Å²) in [6.07, 6.45) is 3.72. The van der Waals surface area contributed by atoms with Gasteiger partial charge in [0.2, 0.25) is 0 Å². The maximum atomic E-state index is 11.7. The lowest BCUT2D eigenvalue weighted by Gasteiger charge is -2.05. The number of hydrogen-bond acceptors (Lipinski definition) is 3. The molecule has 1 aromatic heterocycles. The molecule has 0 aliphatic carbocycles. The van der Waals surface area contributed by atoms with Gasteiger partial charge < -0.3 is 0 Å². The van der Waals surface area contributed by atoms with Gasteiger partial charge in [-0.1, -0.05) is 20.3 Å². The Morgan fingerprint density at radius 2 is 2.38 bits per heavy atom. The van der Waals surface area contributed by atoms with E-state index in [0.29, 0.717) is 0 Å². The summed E-state index contributed by atoms with van der Waals surface area (Å²) >= 11 is 1.49. The Kier molecular flexibility index (Phi) is 3.60. The second-order valence-electron chi connectivity index (χ2n) is 3.30. The fourth-order valence-corrected chi connectivity index (χ4v) is 2.11. The van der Waals surface area contributed by atoms with E-state index >= 15 is 0 Å². The van der Waals surface area contributed by atoms with Crippen molar-refractivity contribution < 1.29 is 4.79 Å². The van der Waals surface area contributed by atoms with Gasteiger partial charge in [0.25, 0.3) is 0 Å². The Morgan fingerprint density at radius 3 is 2.85 bits per heavy atom. The number of aromatic nitrogens is 1. The van der Waals surface area contributed by atoms with Crippen molar-refractivity contribution in [3.05, 3.63) is 16.1 Å². The molecule has 0 N–H and O–H groups in total. The maximum Gasteiger partial charge on any atom is 0.177 e. The lowest BCUT2D eigenvalue weighted by atomic mass is 10.0. The fraction of sp³-hybridized carbons (Fsp3) is 0.600. The lowest BCUT2D eigenvalue weighted by Crippen LogP contribution is -2.09. The molecule has 0 radical (unpaired) electrons. The van der Waals surface area contributed by atoms with Crippen molar-refractivity contribution in [3.63, 3.8) is 0 Å². The van der Waals surface area contributed by atoms with Crippen molar-refractivity contribution in [2.75, 3.05) is 0 Å². The highest BCUT2D eigenvalue weighted by molar-refractivity contribution is 7.13. The summed E-state index contributed by atoms with van der Waals surface area (Å²) in [4.78, 5) is 16.6. The van der Waals surface area contributed by atoms with E-state index in [9.17, 15) is 4.79 Å². The molecule has 0 bridgehead atoms. The summed E-state index contributed by atoms with van der Waals surface area (Å²) in [7, 11) is 0. The average Bonchev–Trinajstić information content (AvgIpc) is 2.51. The van der Waals surface area contributed by atoms with Gasteiger partial charge in [-0.15, -0.1) is 11.3 Å². The summed E-state index contributed by atoms with van der Waals surface area (Å²) in [6.45, 7) is 6.01. The van der Waals surface area contributed by atoms with Gasteiger partial charge in [0.15, 0.2) is 5.78 Å². The van der Waals surface area contributed by atoms with Crippen molar-refractivity contribution in [1.29, 1.82) is 0 Å². The zero-order valence-electron chi connectivity index (χ0n) is 8.33. The van der Waals surface area contributed by atoms with Gasteiger partial charge >= 0.3 is 0 Å². The van der Waals surface area contributed by atoms with Gasteiger partial charge in [0, 0.05) is 12.1 Å². The second kappa shape index (κ2) is 4.51. The summed E-state index contributed by atoms with van der Waals surface area (Å²) in [6, 6.07) is 0. The van der Waals surface area contributed by atoms with E-state index in [1.54, 1.807) is 6.20 Å². The minimum Gasteiger partial charge on any atom is -0.293 e. The summed E-state index contributed by atoms with van der Waals surface area (Å²) in [5.41, 5.74) is 0. The van der Waals surface area contributed by atoms with Crippen molar-refractivity contribution in [3.8, 4) is 0 Å². The summed E-state index contributed by atoms with van der Waals surface area (Å²) in [5, 5.41) is 0.965. The smallest absolute Gasteiger partial charge is 0.177 e. The minimum absolute atomic E-state index is 0.143. The normalized spacial score (nSPS) is 12.8. The quantitative estimate of drug-likeness (QED) is 0.694. The van der Waals surface area contributed by atoms with Gasteiger partial charge in [-0.05, 0) is 13.3 Å². The predicted molar refractivity (Wildman–Crippen MR) is 55.3 cm³/mol. The van der Waals surface area contributed by atoms with Crippen LogP contribution in [0.4, 0.5) is 0 Å². The molecule has 0 aromatic carbocycles. The third kappa shape index (κ3) is 2.62. The van der Waals surface area contributed by atoms with Gasteiger partial charge in [0.05, 0.1) is 9.88 Å². The average molecular weight is 197 g/mol. The molecule has 13 heavy (non-hydrogen) atoms. The fourth-order valence-electron chi connectivity index (χ4n) is 1.28. The number of carbonyl (C=O) groups is 1. The summed E-state index contributed by atoms with van der Waals surface area (Å²) in [5.74, 6) is 0.386. The Balaban J connectivity index is 2.67. The number of rotatable bonds is 4. The highest BCUT2D eigenvalue weighted by atomic mass is 32.1. The maximum absolute atomic E-state index is 11.7. The van der Waals surface area contributed by atoms with E-state index in [1.807, 2.05) is 13.8 Å². The van der Waals surface area contributed by atoms with Crippen LogP contribution in [0.2, 0.25) is 0 Å². The highest BCUT2D eigenvalue weighted by Gasteiger charge is 2.15. The SMILES string of the molecule is CCCC(C)C(=O)c1cnc(C)s1. The van der Waals surface area contributed by atoms with Gasteiger partial charge in [-0.25, -0.2) is 4.98 Å². The number of aryl methyl sites for hydroxylation is 1. The van der Waals surface area contributed by atoms with Crippen LogP contribution in [0.3, 0.4) is 0 Å². The predicted octanol–water partition coefficient (Wildman–Crippen LogP) is 3.07. The highest BCUT2D eigenvalue weighted by Crippen LogP contribution is 2.18. The Morgan fingerprint density at radius 1 is 1.69 bits per heavy atom. The molecule has 0 amide bonds. The Hall–Kier alpha value is -0.700. The number of carbonyl (C=O) groups excluding carboxylic acids is 1. The van der Waals surface area contributed by atoms with Gasteiger partial charge in [-0.2, -0.15) is 0 Å². The van der Waals surface area contributed by atoms with Crippen molar-refractivity contribution >= 4 is 17.1 Å². The molecule has 72 valence electrons. The third-order valence-electron chi connectivity index (χ3n) is 2.03. The largest absolute Gasteiger partial charge is 0.293 e. The molecule has 0 aliphatic rings. The van der Waals surface area contributed by atoms with Gasteiger partial charge in [-0.3, -0.25) is 4.79 Å². The van der Waals surface area contributed by atoms with Crippen LogP contribution in [-0.2, 0) is 0 Å². The standard InChI is InChI=1S/C10H15NOS/c1-4-5-7(2)10(12)9-6-11-8(3)13-9/h6-7H,4-5H2,1-3H3. The zero-order valence-corrected chi connectivity index (χ0v) is 9.15. The number of hydrogen-bond donors (Lipinski definition) is 0. The van der Waals surface area contributed by atoms with Crippen LogP contribution in [0.15, 0.2) is 6.20 Å². The topological polar surface area (TPSA) is 30.0 Å². The minimum atomic E-state index is 0.143. The van der Waals surface area contributed by atoms with Crippen LogP contribution in [0.25, 0.3) is 0 Å². The van der Waals surface area contributed by atoms with E-state index in [4.69, 9.17) is 0 Å². The molecule has 1 rings (SSSR count). The summed E-state index contributed by atoms with van der Waals surface area (Å²) < 4.78 is 0. The molecule has 1 atom stereocenters. The first kappa shape index (κ1) is 10.4. The molecule has 1 unspecified atom stereocenters. The molecule has 0 spiro atoms. The van der Waals surface area contributed by atoms with Crippen molar-refractivity contribution in [2.45, 2.75) is 33.6 Å². The number of ketones is 1. The van der Waals surface area contributed by atoms with E-state index < -0.39 is 0 Å². The first-order valence-electron chi connectivity index (χ1n) is 4.61. The lowest BCUT2D eigenvalue weighted by molar-refractivity contribution is 0.0927. The monoisotopic (exact) mass is 197 g/mol. The molecule has 2 nitrogen and oxygen atoms in total. The van der Waals surface area contributed by atoms with E-state index in [0.717, 1.165) is 22.7 Å². The molecular formula is C10H15NOS. The van der Waals surface area contributed by atoms with Crippen LogP contribution in [0.1, 0.15) is 41.4 Å². The third-order valence-corrected chi connectivity index (χ3v) is 2.96. The zero-order chi connectivity index (χ0) is 9.84. The molecule has 1 aromatic rings. The molecule has 3 heteroatoms. The Labute approximate surface area is 83.0 Å². The van der Waals surface area contributed by atoms with Crippen molar-refractivity contribution in [1.82, 2.24) is 4.98 Å². The van der Waals surface area contributed by atoms with E-state index in [-0.39, 0.29) is 11.7 Å². The van der Waals surface area contributed by atoms with Crippen LogP contribution in [-0.4, -0.2) is 10.8 Å². The molecule has 1 heterocycles. The molecular weight excluding hydrogens is 182 g/mol.